The molecule has 1 aromatic carbocycles. The van der Waals surface area contributed by atoms with Gasteiger partial charge in [0.15, 0.2) is 6.04 Å². The van der Waals surface area contributed by atoms with Crippen molar-refractivity contribution in [2.75, 3.05) is 6.61 Å². The first kappa shape index (κ1) is 15.1. The van der Waals surface area contributed by atoms with E-state index in [0.29, 0.717) is 4.47 Å². The minimum atomic E-state index is -1.47. The van der Waals surface area contributed by atoms with Gasteiger partial charge >= 0.3 is 5.97 Å². The van der Waals surface area contributed by atoms with E-state index in [-0.39, 0.29) is 11.3 Å². The Labute approximate surface area is 115 Å². The minimum Gasteiger partial charge on any atom is -0.480 e. The molecule has 1 aromatic rings. The normalized spacial score (nSPS) is 11.7. The molecule has 102 valence electrons. The fourth-order valence-corrected chi connectivity index (χ4v) is 1.72. The monoisotopic (exact) mass is 332 g/mol. The van der Waals surface area contributed by atoms with Gasteiger partial charge in [-0.1, -0.05) is 15.9 Å². The van der Waals surface area contributed by atoms with Crippen LogP contribution in [0.4, 0.5) is 5.69 Å². The molecule has 1 atom stereocenters. The number of rotatable bonds is 5. The summed E-state index contributed by atoms with van der Waals surface area (Å²) in [7, 11) is 0. The Balaban J connectivity index is 2.99. The van der Waals surface area contributed by atoms with E-state index in [9.17, 15) is 19.7 Å². The number of nitrogens with zero attached hydrogens (tertiary/aromatic N) is 1. The summed E-state index contributed by atoms with van der Waals surface area (Å²) in [6.45, 7) is -0.781. The lowest BCUT2D eigenvalue weighted by Crippen LogP contribution is -2.43. The summed E-state index contributed by atoms with van der Waals surface area (Å²) in [4.78, 5) is 32.3. The Hall–Kier alpha value is -2.00. The van der Waals surface area contributed by atoms with E-state index < -0.39 is 29.4 Å². The lowest BCUT2D eigenvalue weighted by Gasteiger charge is -2.11. The topological polar surface area (TPSA) is 130 Å². The zero-order valence-electron chi connectivity index (χ0n) is 9.37. The van der Waals surface area contributed by atoms with Crippen LogP contribution >= 0.6 is 15.9 Å². The first-order chi connectivity index (χ1) is 8.85. The first-order valence-corrected chi connectivity index (χ1v) is 5.74. The van der Waals surface area contributed by atoms with Crippen LogP contribution in [0, 0.1) is 10.1 Å². The number of carboxylic acids is 1. The third-order valence-corrected chi connectivity index (χ3v) is 2.60. The Kier molecular flexibility index (Phi) is 4.95. The van der Waals surface area contributed by atoms with Crippen molar-refractivity contribution >= 4 is 33.5 Å². The fourth-order valence-electron chi connectivity index (χ4n) is 1.24. The number of halogens is 1. The molecule has 19 heavy (non-hydrogen) atoms. The van der Waals surface area contributed by atoms with Gasteiger partial charge in [-0.2, -0.15) is 0 Å². The first-order valence-electron chi connectivity index (χ1n) is 4.94. The van der Waals surface area contributed by atoms with Gasteiger partial charge in [-0.05, 0) is 6.07 Å². The molecule has 0 heterocycles. The average Bonchev–Trinajstić information content (AvgIpc) is 2.34. The van der Waals surface area contributed by atoms with Gasteiger partial charge in [0.25, 0.3) is 11.6 Å². The Morgan fingerprint density at radius 3 is 2.53 bits per heavy atom. The van der Waals surface area contributed by atoms with E-state index in [0.717, 1.165) is 6.07 Å². The van der Waals surface area contributed by atoms with Gasteiger partial charge in [-0.25, -0.2) is 4.79 Å². The van der Waals surface area contributed by atoms with Crippen molar-refractivity contribution in [3.63, 3.8) is 0 Å². The number of carboxylic acid groups (broad SMARTS) is 1. The van der Waals surface area contributed by atoms with Gasteiger partial charge in [0, 0.05) is 22.2 Å². The quantitative estimate of drug-likeness (QED) is 0.532. The molecule has 8 nitrogen and oxygen atoms in total. The number of nitro benzene ring substituents is 1. The average molecular weight is 333 g/mol. The number of carbonyl (C=O) groups excluding carboxylic acids is 1. The molecule has 0 radical (unpaired) electrons. The molecule has 1 amide bonds. The second-order valence-corrected chi connectivity index (χ2v) is 4.42. The highest BCUT2D eigenvalue weighted by Crippen LogP contribution is 2.21. The summed E-state index contributed by atoms with van der Waals surface area (Å²) in [5, 5.41) is 30.1. The third kappa shape index (κ3) is 4.00. The SMILES string of the molecule is O=C(N[C@@H](CO)C(=O)O)c1cc(Br)cc([N+](=O)[O-])c1. The number of hydrogen-bond acceptors (Lipinski definition) is 5. The molecule has 0 saturated carbocycles. The molecule has 0 spiro atoms. The number of aliphatic hydroxyl groups excluding tert-OH is 1. The van der Waals surface area contributed by atoms with Crippen LogP contribution in [0.2, 0.25) is 0 Å². The summed E-state index contributed by atoms with van der Waals surface area (Å²) in [5.41, 5.74) is -0.392. The van der Waals surface area contributed by atoms with Crippen LogP contribution in [0.3, 0.4) is 0 Å². The second-order valence-electron chi connectivity index (χ2n) is 3.50. The molecule has 0 unspecified atom stereocenters. The van der Waals surface area contributed by atoms with E-state index in [1.54, 1.807) is 0 Å². The molecule has 0 bridgehead atoms. The van der Waals surface area contributed by atoms with Gasteiger partial charge in [-0.3, -0.25) is 14.9 Å². The molecular weight excluding hydrogens is 324 g/mol. The van der Waals surface area contributed by atoms with Crippen molar-refractivity contribution in [1.29, 1.82) is 0 Å². The maximum Gasteiger partial charge on any atom is 0.328 e. The molecule has 0 fully saturated rings. The second kappa shape index (κ2) is 6.25. The van der Waals surface area contributed by atoms with Crippen LogP contribution in [0.15, 0.2) is 22.7 Å². The van der Waals surface area contributed by atoms with Crippen molar-refractivity contribution in [2.45, 2.75) is 6.04 Å². The maximum atomic E-state index is 11.7. The molecule has 0 aliphatic rings. The Morgan fingerprint density at radius 2 is 2.05 bits per heavy atom. The standard InChI is InChI=1S/C10H9BrN2O6/c11-6-1-5(2-7(3-6)13(18)19)9(15)12-8(4-14)10(16)17/h1-3,8,14H,4H2,(H,12,15)(H,16,17)/t8-/m0/s1. The van der Waals surface area contributed by atoms with Crippen LogP contribution in [0.25, 0.3) is 0 Å². The number of carbonyl (C=O) groups is 2. The molecule has 3 N–H and O–H groups in total. The summed E-state index contributed by atoms with van der Waals surface area (Å²) >= 11 is 3.01. The Morgan fingerprint density at radius 1 is 1.42 bits per heavy atom. The Bertz CT molecular complexity index is 533. The van der Waals surface area contributed by atoms with E-state index in [1.165, 1.54) is 12.1 Å². The van der Waals surface area contributed by atoms with Crippen LogP contribution < -0.4 is 5.32 Å². The molecule has 0 aliphatic heterocycles. The van der Waals surface area contributed by atoms with Crippen molar-refractivity contribution in [2.24, 2.45) is 0 Å². The zero-order valence-corrected chi connectivity index (χ0v) is 11.0. The predicted molar refractivity (Wildman–Crippen MR) is 66.8 cm³/mol. The number of nitro groups is 1. The van der Waals surface area contributed by atoms with Crippen LogP contribution in [0.1, 0.15) is 10.4 Å². The summed E-state index contributed by atoms with van der Waals surface area (Å²) < 4.78 is 0.308. The smallest absolute Gasteiger partial charge is 0.328 e. The van der Waals surface area contributed by atoms with Crippen molar-refractivity contribution in [3.8, 4) is 0 Å². The van der Waals surface area contributed by atoms with Gasteiger partial charge in [0.2, 0.25) is 0 Å². The fraction of sp³-hybridized carbons (Fsp3) is 0.200. The van der Waals surface area contributed by atoms with E-state index in [2.05, 4.69) is 15.9 Å². The van der Waals surface area contributed by atoms with Crippen molar-refractivity contribution in [1.82, 2.24) is 5.32 Å². The van der Waals surface area contributed by atoms with Gasteiger partial charge in [0.1, 0.15) is 0 Å². The predicted octanol–water partition coefficient (Wildman–Crippen LogP) is 0.533. The summed E-state index contributed by atoms with van der Waals surface area (Å²) in [6.07, 6.45) is 0. The number of aliphatic hydroxyl groups is 1. The highest BCUT2D eigenvalue weighted by molar-refractivity contribution is 9.10. The molecule has 0 saturated heterocycles. The molecule has 0 aromatic heterocycles. The van der Waals surface area contributed by atoms with E-state index in [4.69, 9.17) is 10.2 Å². The molecule has 1 rings (SSSR count). The van der Waals surface area contributed by atoms with Crippen molar-refractivity contribution in [3.05, 3.63) is 38.3 Å². The lowest BCUT2D eigenvalue weighted by molar-refractivity contribution is -0.385. The summed E-state index contributed by atoms with van der Waals surface area (Å²) in [5.74, 6) is -2.23. The summed E-state index contributed by atoms with van der Waals surface area (Å²) in [6, 6.07) is 2.05. The number of aliphatic carboxylic acids is 1. The highest BCUT2D eigenvalue weighted by atomic mass is 79.9. The minimum absolute atomic E-state index is 0.0826. The van der Waals surface area contributed by atoms with Crippen LogP contribution in [0.5, 0.6) is 0 Å². The highest BCUT2D eigenvalue weighted by Gasteiger charge is 2.21. The third-order valence-electron chi connectivity index (χ3n) is 2.14. The number of non-ortho nitro benzene ring substituents is 1. The maximum absolute atomic E-state index is 11.7. The number of benzene rings is 1. The van der Waals surface area contributed by atoms with Crippen LogP contribution in [-0.4, -0.2) is 39.7 Å². The zero-order chi connectivity index (χ0) is 14.6. The molecule has 9 heteroatoms. The van der Waals surface area contributed by atoms with E-state index in [1.807, 2.05) is 5.32 Å². The number of hydrogen-bond donors (Lipinski definition) is 3. The largest absolute Gasteiger partial charge is 0.480 e. The number of nitrogens with one attached hydrogen (secondary N) is 1. The van der Waals surface area contributed by atoms with Gasteiger partial charge < -0.3 is 15.5 Å². The molecular formula is C10H9BrN2O6. The number of amides is 1. The van der Waals surface area contributed by atoms with E-state index >= 15 is 0 Å². The van der Waals surface area contributed by atoms with Crippen molar-refractivity contribution < 1.29 is 24.7 Å². The van der Waals surface area contributed by atoms with Gasteiger partial charge in [0.05, 0.1) is 11.5 Å². The van der Waals surface area contributed by atoms with Crippen LogP contribution in [-0.2, 0) is 4.79 Å². The lowest BCUT2D eigenvalue weighted by atomic mass is 10.1. The van der Waals surface area contributed by atoms with Gasteiger partial charge in [-0.15, -0.1) is 0 Å². The molecule has 0 aliphatic carbocycles.